The average molecular weight is 592 g/mol. The molecule has 2 saturated heterocycles. The van der Waals surface area contributed by atoms with E-state index in [9.17, 15) is 14.9 Å². The number of piperazine rings is 1. The van der Waals surface area contributed by atoms with Crippen molar-refractivity contribution >= 4 is 39.8 Å². The molecule has 0 saturated carbocycles. The number of amidine groups is 1. The van der Waals surface area contributed by atoms with Crippen LogP contribution in [0, 0.1) is 16.7 Å². The quantitative estimate of drug-likeness (QED) is 0.248. The van der Waals surface area contributed by atoms with Gasteiger partial charge in [-0.05, 0) is 58.7 Å². The van der Waals surface area contributed by atoms with Crippen LogP contribution in [0.25, 0.3) is 0 Å². The Morgan fingerprint density at radius 3 is 2.74 bits per heavy atom. The lowest BCUT2D eigenvalue weighted by Crippen LogP contribution is -2.49. The van der Waals surface area contributed by atoms with Crippen LogP contribution in [0.5, 0.6) is 6.01 Å². The van der Waals surface area contributed by atoms with Crippen LogP contribution in [0.4, 0.5) is 10.8 Å². The molecule has 5 rings (SSSR count). The summed E-state index contributed by atoms with van der Waals surface area (Å²) < 4.78 is 6.05. The van der Waals surface area contributed by atoms with Crippen molar-refractivity contribution in [2.75, 3.05) is 57.0 Å². The molecule has 0 unspecified atom stereocenters. The third-order valence-electron chi connectivity index (χ3n) is 8.61. The second kappa shape index (κ2) is 12.1. The number of nitrogens with zero attached hydrogens (tertiary/aromatic N) is 6. The Kier molecular flexibility index (Phi) is 8.47. The molecule has 2 aromatic heterocycles. The number of likely N-dealkylation sites (N-methyl/N-ethyl adjacent to an activating group) is 1. The van der Waals surface area contributed by atoms with Gasteiger partial charge in [-0.1, -0.05) is 6.58 Å². The molecule has 42 heavy (non-hydrogen) atoms. The maximum absolute atomic E-state index is 13.7. The number of amides is 2. The molecule has 2 amide bonds. The molecule has 2 aliphatic heterocycles. The van der Waals surface area contributed by atoms with Gasteiger partial charge in [0.25, 0.3) is 0 Å². The number of ether oxygens (including phenoxy) is 1. The van der Waals surface area contributed by atoms with E-state index in [2.05, 4.69) is 39.9 Å². The summed E-state index contributed by atoms with van der Waals surface area (Å²) in [6.07, 6.45) is 5.52. The Morgan fingerprint density at radius 2 is 2.07 bits per heavy atom. The number of aryl methyl sites for hydroxylation is 1. The zero-order valence-electron chi connectivity index (χ0n) is 24.1. The van der Waals surface area contributed by atoms with E-state index in [4.69, 9.17) is 15.9 Å². The van der Waals surface area contributed by atoms with E-state index >= 15 is 0 Å². The molecule has 0 spiro atoms. The number of anilines is 2. The minimum atomic E-state index is -1.00. The van der Waals surface area contributed by atoms with Crippen LogP contribution in [0.3, 0.4) is 0 Å². The molecule has 0 radical (unpaired) electrons. The number of nitrogens with one attached hydrogen (secondary N) is 2. The molecule has 2 atom stereocenters. The Balaban J connectivity index is 1.39. The number of hydrogen-bond acceptors (Lipinski definition) is 11. The van der Waals surface area contributed by atoms with Gasteiger partial charge in [0, 0.05) is 48.7 Å². The Bertz CT molecular complexity index is 1440. The molecule has 2 aromatic rings. The van der Waals surface area contributed by atoms with Crippen molar-refractivity contribution in [2.45, 2.75) is 50.5 Å². The smallest absolute Gasteiger partial charge is 0.319 e. The van der Waals surface area contributed by atoms with Crippen LogP contribution in [-0.2, 0) is 21.4 Å². The lowest BCUT2D eigenvalue weighted by Gasteiger charge is -2.35. The number of nitriles is 1. The topological polar surface area (TPSA) is 165 Å². The van der Waals surface area contributed by atoms with Crippen molar-refractivity contribution in [3.63, 3.8) is 0 Å². The molecule has 12 nitrogen and oxygen atoms in total. The van der Waals surface area contributed by atoms with Crippen LogP contribution in [-0.4, -0.2) is 89.8 Å². The lowest BCUT2D eigenvalue weighted by atomic mass is 9.72. The van der Waals surface area contributed by atoms with E-state index in [1.54, 1.807) is 11.0 Å². The lowest BCUT2D eigenvalue weighted by molar-refractivity contribution is -0.126. The number of likely N-dealkylation sites (tertiary alicyclic amines) is 1. The van der Waals surface area contributed by atoms with Crippen molar-refractivity contribution in [1.82, 2.24) is 25.1 Å². The first-order valence-electron chi connectivity index (χ1n) is 14.2. The summed E-state index contributed by atoms with van der Waals surface area (Å²) in [5, 5.41) is 21.8. The molecule has 222 valence electrons. The third kappa shape index (κ3) is 5.69. The van der Waals surface area contributed by atoms with Gasteiger partial charge in [0.2, 0.25) is 11.8 Å². The fourth-order valence-electron chi connectivity index (χ4n) is 6.05. The first-order valence-corrected chi connectivity index (χ1v) is 15.1. The van der Waals surface area contributed by atoms with Crippen LogP contribution < -0.4 is 20.7 Å². The van der Waals surface area contributed by atoms with E-state index < -0.39 is 5.41 Å². The molecular formula is C29H37N9O3S. The summed E-state index contributed by atoms with van der Waals surface area (Å²) in [6.45, 7) is 8.90. The van der Waals surface area contributed by atoms with Crippen LogP contribution in [0.1, 0.15) is 54.3 Å². The summed E-state index contributed by atoms with van der Waals surface area (Å²) in [5.74, 6) is -0.113. The van der Waals surface area contributed by atoms with E-state index in [1.807, 2.05) is 11.8 Å². The second-order valence-corrected chi connectivity index (χ2v) is 12.4. The van der Waals surface area contributed by atoms with Gasteiger partial charge in [-0.25, -0.2) is 0 Å². The SMILES string of the molecule is C=CC(=O)N1CCN(c2cc(C(=N)NC(=O)[C@@]3(C)CCCc4sc(N)c(C#N)c43)nc(OC[C@@H]3CCCN3C)n2)CC1. The number of carbonyl (C=O) groups excluding carboxylic acids is 2. The van der Waals surface area contributed by atoms with Crippen molar-refractivity contribution in [3.8, 4) is 12.1 Å². The van der Waals surface area contributed by atoms with Crippen molar-refractivity contribution in [3.05, 3.63) is 40.4 Å². The van der Waals surface area contributed by atoms with Gasteiger partial charge in [0.1, 0.15) is 29.2 Å². The normalized spacial score (nSPS) is 22.3. The Labute approximate surface area is 249 Å². The zero-order chi connectivity index (χ0) is 30.0. The molecule has 3 aliphatic rings. The molecule has 2 fully saturated rings. The summed E-state index contributed by atoms with van der Waals surface area (Å²) >= 11 is 1.36. The summed E-state index contributed by atoms with van der Waals surface area (Å²) in [6, 6.07) is 4.23. The second-order valence-electron chi connectivity index (χ2n) is 11.3. The zero-order valence-corrected chi connectivity index (χ0v) is 24.9. The molecule has 4 N–H and O–H groups in total. The van der Waals surface area contributed by atoms with Gasteiger partial charge < -0.3 is 30.5 Å². The number of fused-ring (bicyclic) bond motifs is 1. The number of nitrogens with two attached hydrogens (primary N) is 1. The van der Waals surface area contributed by atoms with Crippen LogP contribution >= 0.6 is 11.3 Å². The third-order valence-corrected chi connectivity index (χ3v) is 9.69. The molecule has 0 bridgehead atoms. The highest BCUT2D eigenvalue weighted by Crippen LogP contribution is 2.45. The van der Waals surface area contributed by atoms with E-state index in [0.717, 1.165) is 37.1 Å². The van der Waals surface area contributed by atoms with Crippen molar-refractivity contribution < 1.29 is 14.3 Å². The highest BCUT2D eigenvalue weighted by molar-refractivity contribution is 7.16. The molecule has 13 heteroatoms. The maximum Gasteiger partial charge on any atom is 0.319 e. The fraction of sp³-hybridized carbons (Fsp3) is 0.517. The first kappa shape index (κ1) is 29.5. The standard InChI is InChI=1S/C29H37N9O3S/c1-4-23(39)38-13-11-37(12-14-38)22-15-20(33-28(34-22)41-17-18-7-6-10-36(18)3)25(31)35-27(40)29(2)9-5-8-21-24(29)19(16-30)26(32)42-21/h4,15,18H,1,5-14,17,32H2,2-3H3,(H2,31,35,40)/t18-,29-/m0/s1. The number of carbonyl (C=O) groups is 2. The van der Waals surface area contributed by atoms with Crippen molar-refractivity contribution in [2.24, 2.45) is 0 Å². The number of aromatic nitrogens is 2. The number of rotatable bonds is 7. The van der Waals surface area contributed by atoms with Gasteiger partial charge >= 0.3 is 6.01 Å². The van der Waals surface area contributed by atoms with Crippen LogP contribution in [0.15, 0.2) is 18.7 Å². The number of nitrogen functional groups attached to an aromatic ring is 1. The minimum absolute atomic E-state index is 0.112. The van der Waals surface area contributed by atoms with Crippen molar-refractivity contribution in [1.29, 1.82) is 10.7 Å². The summed E-state index contributed by atoms with van der Waals surface area (Å²) in [7, 11) is 2.06. The minimum Gasteiger partial charge on any atom is -0.462 e. The largest absolute Gasteiger partial charge is 0.462 e. The Hall–Kier alpha value is -4.02. The van der Waals surface area contributed by atoms with Gasteiger partial charge in [0.05, 0.1) is 11.0 Å². The number of hydrogen-bond donors (Lipinski definition) is 3. The summed E-state index contributed by atoms with van der Waals surface area (Å²) in [5.41, 5.74) is 6.36. The van der Waals surface area contributed by atoms with E-state index in [0.29, 0.717) is 61.2 Å². The van der Waals surface area contributed by atoms with E-state index in [1.165, 1.54) is 17.4 Å². The summed E-state index contributed by atoms with van der Waals surface area (Å²) in [4.78, 5) is 41.9. The maximum atomic E-state index is 13.7. The predicted molar refractivity (Wildman–Crippen MR) is 161 cm³/mol. The van der Waals surface area contributed by atoms with Gasteiger partial charge in [0.15, 0.2) is 5.84 Å². The monoisotopic (exact) mass is 591 g/mol. The average Bonchev–Trinajstić information content (AvgIpc) is 3.57. The molecular weight excluding hydrogens is 554 g/mol. The molecule has 1 aliphatic carbocycles. The van der Waals surface area contributed by atoms with E-state index in [-0.39, 0.29) is 35.4 Å². The molecule has 4 heterocycles. The number of thiophene rings is 1. The highest BCUT2D eigenvalue weighted by atomic mass is 32.1. The van der Waals surface area contributed by atoms with Crippen LogP contribution in [0.2, 0.25) is 0 Å². The van der Waals surface area contributed by atoms with Gasteiger partial charge in [-0.15, -0.1) is 11.3 Å². The molecule has 0 aromatic carbocycles. The Morgan fingerprint density at radius 1 is 1.31 bits per heavy atom. The first-order chi connectivity index (χ1) is 20.1. The highest BCUT2D eigenvalue weighted by Gasteiger charge is 2.43. The fourth-order valence-corrected chi connectivity index (χ4v) is 7.24. The van der Waals surface area contributed by atoms with Gasteiger partial charge in [-0.2, -0.15) is 15.2 Å². The van der Waals surface area contributed by atoms with Gasteiger partial charge in [-0.3, -0.25) is 15.0 Å². The predicted octanol–water partition coefficient (Wildman–Crippen LogP) is 2.04.